The normalized spacial score (nSPS) is 10.8. The number of aliphatic hydroxyl groups is 1. The molecule has 0 aliphatic heterocycles. The van der Waals surface area contributed by atoms with E-state index in [0.29, 0.717) is 5.69 Å². The number of aryl methyl sites for hydroxylation is 1. The first kappa shape index (κ1) is 13.6. The fourth-order valence-electron chi connectivity index (χ4n) is 2.63. The number of hydrogen-bond acceptors (Lipinski definition) is 3. The number of rotatable bonds is 3. The number of benzene rings is 2. The number of nitrogens with zero attached hydrogens (tertiary/aromatic N) is 2. The van der Waals surface area contributed by atoms with Gasteiger partial charge in [-0.1, -0.05) is 42.5 Å². The van der Waals surface area contributed by atoms with E-state index in [-0.39, 0.29) is 6.61 Å². The number of fused-ring (bicyclic) bond motifs is 1. The lowest BCUT2D eigenvalue weighted by Crippen LogP contribution is -2.14. The maximum Gasteiger partial charge on any atom is 0.141 e. The minimum absolute atomic E-state index is 0.0561. The first-order valence-corrected chi connectivity index (χ1v) is 6.99. The van der Waals surface area contributed by atoms with E-state index in [2.05, 4.69) is 35.0 Å². The minimum atomic E-state index is -0.0561. The summed E-state index contributed by atoms with van der Waals surface area (Å²) in [7, 11) is 2.01. The maximum atomic E-state index is 9.45. The van der Waals surface area contributed by atoms with Crippen molar-refractivity contribution in [3.05, 3.63) is 65.9 Å². The zero-order chi connectivity index (χ0) is 14.8. The third-order valence-electron chi connectivity index (χ3n) is 3.73. The lowest BCUT2D eigenvalue weighted by molar-refractivity contribution is 0.277. The van der Waals surface area contributed by atoms with Crippen LogP contribution in [0.1, 0.15) is 11.3 Å². The molecule has 0 spiro atoms. The number of aliphatic hydroxyl groups excluding tert-OH is 1. The van der Waals surface area contributed by atoms with Gasteiger partial charge in [0, 0.05) is 18.1 Å². The molecule has 3 nitrogen and oxygen atoms in total. The fraction of sp³-hybridized carbons (Fsp3) is 0.167. The van der Waals surface area contributed by atoms with Crippen LogP contribution in [0.2, 0.25) is 0 Å². The summed E-state index contributed by atoms with van der Waals surface area (Å²) in [6, 6.07) is 18.3. The topological polar surface area (TPSA) is 36.4 Å². The van der Waals surface area contributed by atoms with Gasteiger partial charge in [-0.15, -0.1) is 0 Å². The number of para-hydroxylation sites is 1. The highest BCUT2D eigenvalue weighted by atomic mass is 16.3. The fourth-order valence-corrected chi connectivity index (χ4v) is 2.63. The van der Waals surface area contributed by atoms with Gasteiger partial charge in [0.05, 0.1) is 12.3 Å². The van der Waals surface area contributed by atoms with Gasteiger partial charge in [-0.05, 0) is 30.0 Å². The molecule has 1 N–H and O–H groups in total. The molecule has 21 heavy (non-hydrogen) atoms. The Morgan fingerprint density at radius 2 is 1.76 bits per heavy atom. The second-order valence-electron chi connectivity index (χ2n) is 5.16. The molecule has 0 amide bonds. The first-order chi connectivity index (χ1) is 10.2. The van der Waals surface area contributed by atoms with Crippen LogP contribution in [0.3, 0.4) is 0 Å². The summed E-state index contributed by atoms with van der Waals surface area (Å²) in [4.78, 5) is 6.69. The number of pyridine rings is 1. The van der Waals surface area contributed by atoms with E-state index in [1.165, 1.54) is 5.56 Å². The van der Waals surface area contributed by atoms with Gasteiger partial charge in [-0.3, -0.25) is 0 Å². The molecule has 0 aliphatic carbocycles. The Labute approximate surface area is 124 Å². The molecule has 0 atom stereocenters. The molecule has 0 fully saturated rings. The van der Waals surface area contributed by atoms with E-state index < -0.39 is 0 Å². The third-order valence-corrected chi connectivity index (χ3v) is 3.73. The molecule has 3 rings (SSSR count). The van der Waals surface area contributed by atoms with Crippen LogP contribution in [0.15, 0.2) is 54.6 Å². The minimum Gasteiger partial charge on any atom is -0.390 e. The van der Waals surface area contributed by atoms with Crippen LogP contribution in [0.4, 0.5) is 11.5 Å². The van der Waals surface area contributed by atoms with Crippen molar-refractivity contribution in [2.45, 2.75) is 13.5 Å². The smallest absolute Gasteiger partial charge is 0.141 e. The van der Waals surface area contributed by atoms with Crippen molar-refractivity contribution in [2.75, 3.05) is 11.9 Å². The van der Waals surface area contributed by atoms with Gasteiger partial charge in [-0.2, -0.15) is 0 Å². The predicted octanol–water partition coefficient (Wildman–Crippen LogP) is 3.80. The summed E-state index contributed by atoms with van der Waals surface area (Å²) in [5, 5.41) is 11.6. The molecule has 0 radical (unpaired) electrons. The van der Waals surface area contributed by atoms with Gasteiger partial charge in [0.2, 0.25) is 0 Å². The molecular formula is C18H18N2O. The lowest BCUT2D eigenvalue weighted by Gasteiger charge is -2.22. The molecule has 0 aliphatic rings. The standard InChI is InChI=1S/C18H18N2O/c1-13-7-3-6-10-17(13)20(2)18-16-9-5-4-8-14(16)11-15(12-21)19-18/h3-11,21H,12H2,1-2H3. The maximum absolute atomic E-state index is 9.45. The Hall–Kier alpha value is -2.39. The zero-order valence-corrected chi connectivity index (χ0v) is 12.2. The summed E-state index contributed by atoms with van der Waals surface area (Å²) in [6.07, 6.45) is 0. The second-order valence-corrected chi connectivity index (χ2v) is 5.16. The summed E-state index contributed by atoms with van der Waals surface area (Å²) in [6.45, 7) is 2.03. The molecule has 1 heterocycles. The van der Waals surface area contributed by atoms with Crippen molar-refractivity contribution in [1.82, 2.24) is 4.98 Å². The first-order valence-electron chi connectivity index (χ1n) is 6.99. The molecule has 1 aromatic heterocycles. The molecule has 3 heteroatoms. The monoisotopic (exact) mass is 278 g/mol. The van der Waals surface area contributed by atoms with E-state index in [0.717, 1.165) is 22.3 Å². The van der Waals surface area contributed by atoms with Gasteiger partial charge in [0.1, 0.15) is 5.82 Å². The van der Waals surface area contributed by atoms with Crippen LogP contribution in [0.5, 0.6) is 0 Å². The quantitative estimate of drug-likeness (QED) is 0.791. The van der Waals surface area contributed by atoms with Gasteiger partial charge in [0.15, 0.2) is 0 Å². The lowest BCUT2D eigenvalue weighted by atomic mass is 10.1. The van der Waals surface area contributed by atoms with Crippen molar-refractivity contribution >= 4 is 22.3 Å². The van der Waals surface area contributed by atoms with Crippen molar-refractivity contribution in [1.29, 1.82) is 0 Å². The Bertz CT molecular complexity index is 783. The number of hydrogen-bond donors (Lipinski definition) is 1. The highest BCUT2D eigenvalue weighted by molar-refractivity contribution is 5.94. The number of aromatic nitrogens is 1. The third kappa shape index (κ3) is 2.48. The molecule has 0 unspecified atom stereocenters. The highest BCUT2D eigenvalue weighted by Crippen LogP contribution is 2.31. The van der Waals surface area contributed by atoms with Crippen LogP contribution in [0, 0.1) is 6.92 Å². The molecule has 106 valence electrons. The molecular weight excluding hydrogens is 260 g/mol. The van der Waals surface area contributed by atoms with Crippen LogP contribution in [-0.4, -0.2) is 17.1 Å². The van der Waals surface area contributed by atoms with Crippen LogP contribution < -0.4 is 4.90 Å². The highest BCUT2D eigenvalue weighted by Gasteiger charge is 2.12. The Morgan fingerprint density at radius 1 is 1.05 bits per heavy atom. The largest absolute Gasteiger partial charge is 0.390 e. The summed E-state index contributed by atoms with van der Waals surface area (Å²) in [5.74, 6) is 0.867. The van der Waals surface area contributed by atoms with Gasteiger partial charge in [-0.25, -0.2) is 4.98 Å². The zero-order valence-electron chi connectivity index (χ0n) is 12.2. The summed E-state index contributed by atoms with van der Waals surface area (Å²) >= 11 is 0. The Balaban J connectivity index is 2.21. The number of anilines is 2. The van der Waals surface area contributed by atoms with E-state index in [1.54, 1.807) is 0 Å². The van der Waals surface area contributed by atoms with Crippen LogP contribution in [0.25, 0.3) is 10.8 Å². The Kier molecular flexibility index (Phi) is 3.59. The van der Waals surface area contributed by atoms with Crippen molar-refractivity contribution in [2.24, 2.45) is 0 Å². The van der Waals surface area contributed by atoms with E-state index in [1.807, 2.05) is 43.4 Å². The van der Waals surface area contributed by atoms with E-state index in [4.69, 9.17) is 0 Å². The Morgan fingerprint density at radius 3 is 2.52 bits per heavy atom. The summed E-state index contributed by atoms with van der Waals surface area (Å²) < 4.78 is 0. The van der Waals surface area contributed by atoms with Crippen LogP contribution in [-0.2, 0) is 6.61 Å². The van der Waals surface area contributed by atoms with Crippen LogP contribution >= 0.6 is 0 Å². The average molecular weight is 278 g/mol. The van der Waals surface area contributed by atoms with E-state index in [9.17, 15) is 5.11 Å². The van der Waals surface area contributed by atoms with Crippen molar-refractivity contribution in [3.63, 3.8) is 0 Å². The molecule has 3 aromatic rings. The second kappa shape index (κ2) is 5.54. The van der Waals surface area contributed by atoms with Crippen molar-refractivity contribution in [3.8, 4) is 0 Å². The molecule has 0 saturated carbocycles. The van der Waals surface area contributed by atoms with Gasteiger partial charge < -0.3 is 10.0 Å². The molecule has 2 aromatic carbocycles. The summed E-state index contributed by atoms with van der Waals surface area (Å²) in [5.41, 5.74) is 3.00. The van der Waals surface area contributed by atoms with E-state index >= 15 is 0 Å². The molecule has 0 saturated heterocycles. The predicted molar refractivity (Wildman–Crippen MR) is 86.9 cm³/mol. The average Bonchev–Trinajstić information content (AvgIpc) is 2.53. The van der Waals surface area contributed by atoms with Gasteiger partial charge in [0.25, 0.3) is 0 Å². The van der Waals surface area contributed by atoms with Crippen molar-refractivity contribution < 1.29 is 5.11 Å². The molecule has 0 bridgehead atoms. The SMILES string of the molecule is Cc1ccccc1N(C)c1nc(CO)cc2ccccc12. The van der Waals surface area contributed by atoms with Gasteiger partial charge >= 0.3 is 0 Å².